The Balaban J connectivity index is 2.28. The van der Waals surface area contributed by atoms with Crippen molar-refractivity contribution < 1.29 is 19.1 Å². The molecule has 120 valence electrons. The van der Waals surface area contributed by atoms with Gasteiger partial charge in [-0.25, -0.2) is 4.79 Å². The molecule has 1 rings (SSSR count). The molecule has 0 spiro atoms. The predicted octanol–water partition coefficient (Wildman–Crippen LogP) is 0.593. The van der Waals surface area contributed by atoms with Crippen LogP contribution in [-0.2, 0) is 14.3 Å². The van der Waals surface area contributed by atoms with E-state index in [1.165, 1.54) is 0 Å². The zero-order chi connectivity index (χ0) is 15.7. The van der Waals surface area contributed by atoms with Gasteiger partial charge in [0.2, 0.25) is 11.8 Å². The van der Waals surface area contributed by atoms with Crippen LogP contribution in [-0.4, -0.2) is 67.0 Å². The second-order valence-corrected chi connectivity index (χ2v) is 4.95. The van der Waals surface area contributed by atoms with E-state index in [2.05, 4.69) is 5.32 Å². The lowest BCUT2D eigenvalue weighted by Crippen LogP contribution is -2.51. The molecule has 3 amide bonds. The molecule has 7 nitrogen and oxygen atoms in total. The minimum absolute atomic E-state index is 0.122. The summed E-state index contributed by atoms with van der Waals surface area (Å²) in [6.45, 7) is 6.54. The second-order valence-electron chi connectivity index (χ2n) is 4.95. The SMILES string of the molecule is CCCCNC(=O)CC(=O)N1CCN(C(=O)OCC)CC1. The van der Waals surface area contributed by atoms with Crippen LogP contribution < -0.4 is 5.32 Å². The number of ether oxygens (including phenoxy) is 1. The highest BCUT2D eigenvalue weighted by Gasteiger charge is 2.25. The van der Waals surface area contributed by atoms with E-state index in [1.807, 2.05) is 6.92 Å². The molecule has 0 radical (unpaired) electrons. The molecular formula is C14H25N3O4. The molecule has 7 heteroatoms. The highest BCUT2D eigenvalue weighted by atomic mass is 16.6. The van der Waals surface area contributed by atoms with Crippen molar-refractivity contribution in [2.45, 2.75) is 33.1 Å². The molecule has 1 saturated heterocycles. The van der Waals surface area contributed by atoms with E-state index in [0.29, 0.717) is 39.3 Å². The summed E-state index contributed by atoms with van der Waals surface area (Å²) in [6, 6.07) is 0. The van der Waals surface area contributed by atoms with Crippen molar-refractivity contribution in [1.82, 2.24) is 15.1 Å². The molecule has 1 aliphatic rings. The summed E-state index contributed by atoms with van der Waals surface area (Å²) in [4.78, 5) is 38.3. The Labute approximate surface area is 125 Å². The van der Waals surface area contributed by atoms with Gasteiger partial charge < -0.3 is 19.9 Å². The van der Waals surface area contributed by atoms with Crippen LogP contribution in [0.1, 0.15) is 33.1 Å². The summed E-state index contributed by atoms with van der Waals surface area (Å²) in [5, 5.41) is 2.73. The number of carbonyl (C=O) groups is 3. The van der Waals surface area contributed by atoms with Gasteiger partial charge >= 0.3 is 6.09 Å². The predicted molar refractivity (Wildman–Crippen MR) is 77.7 cm³/mol. The minimum Gasteiger partial charge on any atom is -0.450 e. The first kappa shape index (κ1) is 17.3. The maximum atomic E-state index is 12.0. The average molecular weight is 299 g/mol. The van der Waals surface area contributed by atoms with Crippen molar-refractivity contribution in [3.63, 3.8) is 0 Å². The van der Waals surface area contributed by atoms with Crippen LogP contribution in [0.25, 0.3) is 0 Å². The van der Waals surface area contributed by atoms with Crippen molar-refractivity contribution in [3.8, 4) is 0 Å². The highest BCUT2D eigenvalue weighted by molar-refractivity contribution is 5.96. The maximum absolute atomic E-state index is 12.0. The van der Waals surface area contributed by atoms with Crippen LogP contribution in [0.3, 0.4) is 0 Å². The topological polar surface area (TPSA) is 79.0 Å². The van der Waals surface area contributed by atoms with Crippen molar-refractivity contribution in [2.75, 3.05) is 39.3 Å². The Bertz CT molecular complexity index is 365. The van der Waals surface area contributed by atoms with E-state index in [-0.39, 0.29) is 24.3 Å². The van der Waals surface area contributed by atoms with Crippen molar-refractivity contribution in [1.29, 1.82) is 0 Å². The minimum atomic E-state index is -0.345. The van der Waals surface area contributed by atoms with Gasteiger partial charge in [0, 0.05) is 32.7 Å². The molecule has 0 aromatic carbocycles. The summed E-state index contributed by atoms with van der Waals surface area (Å²) in [7, 11) is 0. The van der Waals surface area contributed by atoms with E-state index in [4.69, 9.17) is 4.74 Å². The van der Waals surface area contributed by atoms with E-state index in [9.17, 15) is 14.4 Å². The quantitative estimate of drug-likeness (QED) is 0.575. The van der Waals surface area contributed by atoms with E-state index < -0.39 is 0 Å². The molecule has 0 bridgehead atoms. The van der Waals surface area contributed by atoms with Gasteiger partial charge in [-0.3, -0.25) is 9.59 Å². The summed E-state index contributed by atoms with van der Waals surface area (Å²) in [5.74, 6) is -0.422. The van der Waals surface area contributed by atoms with Gasteiger partial charge in [0.1, 0.15) is 6.42 Å². The molecule has 0 aromatic rings. The lowest BCUT2D eigenvalue weighted by atomic mass is 10.2. The van der Waals surface area contributed by atoms with Gasteiger partial charge in [-0.05, 0) is 13.3 Å². The number of piperazine rings is 1. The first-order valence-corrected chi connectivity index (χ1v) is 7.54. The van der Waals surface area contributed by atoms with Crippen LogP contribution in [0.4, 0.5) is 4.79 Å². The van der Waals surface area contributed by atoms with E-state index in [0.717, 1.165) is 12.8 Å². The van der Waals surface area contributed by atoms with Gasteiger partial charge in [0.05, 0.1) is 6.61 Å². The molecule has 1 fully saturated rings. The second kappa shape index (κ2) is 9.20. The van der Waals surface area contributed by atoms with Gasteiger partial charge in [-0.15, -0.1) is 0 Å². The zero-order valence-electron chi connectivity index (χ0n) is 12.9. The monoisotopic (exact) mass is 299 g/mol. The first-order valence-electron chi connectivity index (χ1n) is 7.54. The maximum Gasteiger partial charge on any atom is 0.409 e. The fourth-order valence-electron chi connectivity index (χ4n) is 2.07. The van der Waals surface area contributed by atoms with Gasteiger partial charge in [0.25, 0.3) is 0 Å². The fourth-order valence-corrected chi connectivity index (χ4v) is 2.07. The number of hydrogen-bond acceptors (Lipinski definition) is 4. The van der Waals surface area contributed by atoms with Crippen LogP contribution in [0.2, 0.25) is 0 Å². The molecule has 0 atom stereocenters. The summed E-state index contributed by atoms with van der Waals surface area (Å²) >= 11 is 0. The van der Waals surface area contributed by atoms with Crippen LogP contribution in [0.15, 0.2) is 0 Å². The van der Waals surface area contributed by atoms with Crippen LogP contribution in [0.5, 0.6) is 0 Å². The molecule has 1 N–H and O–H groups in total. The van der Waals surface area contributed by atoms with Crippen LogP contribution >= 0.6 is 0 Å². The van der Waals surface area contributed by atoms with Crippen molar-refractivity contribution >= 4 is 17.9 Å². The molecule has 0 aliphatic carbocycles. The molecule has 21 heavy (non-hydrogen) atoms. The number of unbranched alkanes of at least 4 members (excludes halogenated alkanes) is 1. The molecular weight excluding hydrogens is 274 g/mol. The van der Waals surface area contributed by atoms with E-state index >= 15 is 0 Å². The van der Waals surface area contributed by atoms with Gasteiger partial charge in [-0.2, -0.15) is 0 Å². The normalized spacial score (nSPS) is 14.8. The van der Waals surface area contributed by atoms with E-state index in [1.54, 1.807) is 16.7 Å². The third-order valence-electron chi connectivity index (χ3n) is 3.32. The number of nitrogens with one attached hydrogen (secondary N) is 1. The number of nitrogens with zero attached hydrogens (tertiary/aromatic N) is 2. The third-order valence-corrected chi connectivity index (χ3v) is 3.32. The molecule has 0 aromatic heterocycles. The number of amides is 3. The number of carbonyl (C=O) groups excluding carboxylic acids is 3. The number of rotatable bonds is 6. The van der Waals surface area contributed by atoms with Gasteiger partial charge in [0.15, 0.2) is 0 Å². The Morgan fingerprint density at radius 2 is 1.67 bits per heavy atom. The fraction of sp³-hybridized carbons (Fsp3) is 0.786. The molecule has 1 heterocycles. The Hall–Kier alpha value is -1.79. The van der Waals surface area contributed by atoms with Crippen LogP contribution in [0, 0.1) is 0 Å². The van der Waals surface area contributed by atoms with Gasteiger partial charge in [-0.1, -0.05) is 13.3 Å². The lowest BCUT2D eigenvalue weighted by Gasteiger charge is -2.34. The lowest BCUT2D eigenvalue weighted by molar-refractivity contribution is -0.137. The number of hydrogen-bond donors (Lipinski definition) is 1. The van der Waals surface area contributed by atoms with Crippen molar-refractivity contribution in [2.24, 2.45) is 0 Å². The molecule has 0 unspecified atom stereocenters. The third kappa shape index (κ3) is 6.01. The first-order chi connectivity index (χ1) is 10.1. The molecule has 0 saturated carbocycles. The molecule has 1 aliphatic heterocycles. The largest absolute Gasteiger partial charge is 0.450 e. The Morgan fingerprint density at radius 3 is 2.24 bits per heavy atom. The average Bonchev–Trinajstić information content (AvgIpc) is 2.48. The Morgan fingerprint density at radius 1 is 1.05 bits per heavy atom. The summed E-state index contributed by atoms with van der Waals surface area (Å²) < 4.78 is 4.92. The highest BCUT2D eigenvalue weighted by Crippen LogP contribution is 2.05. The smallest absolute Gasteiger partial charge is 0.409 e. The van der Waals surface area contributed by atoms with Crippen molar-refractivity contribution in [3.05, 3.63) is 0 Å². The Kier molecular flexibility index (Phi) is 7.56. The summed E-state index contributed by atoms with van der Waals surface area (Å²) in [6.07, 6.45) is 1.45. The summed E-state index contributed by atoms with van der Waals surface area (Å²) in [5.41, 5.74) is 0. The standard InChI is InChI=1S/C14H25N3O4/c1-3-5-6-15-12(18)11-13(19)16-7-9-17(10-8-16)14(20)21-4-2/h3-11H2,1-2H3,(H,15,18). The zero-order valence-corrected chi connectivity index (χ0v) is 12.9.